The SMILES string of the molecule is O=Cc1cc(Cl)cc(-c2ccc(F)c(C(F)(F)F)c2)c1. The van der Waals surface area contributed by atoms with Crippen LogP contribution in [0.4, 0.5) is 17.6 Å². The maximum Gasteiger partial charge on any atom is 0.419 e. The van der Waals surface area contributed by atoms with Crippen LogP contribution in [0.15, 0.2) is 36.4 Å². The average Bonchev–Trinajstić information content (AvgIpc) is 2.37. The number of carbonyl (C=O) groups is 1. The first-order chi connectivity index (χ1) is 9.31. The van der Waals surface area contributed by atoms with Crippen molar-refractivity contribution in [2.75, 3.05) is 0 Å². The minimum Gasteiger partial charge on any atom is -0.298 e. The number of benzene rings is 2. The summed E-state index contributed by atoms with van der Waals surface area (Å²) >= 11 is 5.78. The van der Waals surface area contributed by atoms with Crippen LogP contribution in [0.1, 0.15) is 15.9 Å². The van der Waals surface area contributed by atoms with Gasteiger partial charge in [-0.25, -0.2) is 4.39 Å². The number of aldehydes is 1. The van der Waals surface area contributed by atoms with E-state index < -0.39 is 17.6 Å². The fourth-order valence-corrected chi connectivity index (χ4v) is 2.01. The largest absolute Gasteiger partial charge is 0.419 e. The van der Waals surface area contributed by atoms with E-state index >= 15 is 0 Å². The van der Waals surface area contributed by atoms with E-state index in [1.807, 2.05) is 0 Å². The third-order valence-corrected chi connectivity index (χ3v) is 2.88. The zero-order valence-electron chi connectivity index (χ0n) is 9.84. The summed E-state index contributed by atoms with van der Waals surface area (Å²) in [6.45, 7) is 0. The lowest BCUT2D eigenvalue weighted by molar-refractivity contribution is -0.139. The van der Waals surface area contributed by atoms with E-state index in [1.165, 1.54) is 24.3 Å². The van der Waals surface area contributed by atoms with Gasteiger partial charge in [0.05, 0.1) is 5.56 Å². The molecule has 0 aliphatic rings. The molecule has 0 spiro atoms. The molecule has 0 atom stereocenters. The molecule has 0 fully saturated rings. The van der Waals surface area contributed by atoms with Gasteiger partial charge >= 0.3 is 6.18 Å². The van der Waals surface area contributed by atoms with E-state index in [9.17, 15) is 22.4 Å². The predicted molar refractivity (Wildman–Crippen MR) is 67.2 cm³/mol. The lowest BCUT2D eigenvalue weighted by Gasteiger charge is -2.10. The quantitative estimate of drug-likeness (QED) is 0.565. The lowest BCUT2D eigenvalue weighted by atomic mass is 10.0. The van der Waals surface area contributed by atoms with Crippen molar-refractivity contribution in [3.05, 3.63) is 58.4 Å². The Labute approximate surface area is 116 Å². The summed E-state index contributed by atoms with van der Waals surface area (Å²) in [6, 6.07) is 6.79. The third kappa shape index (κ3) is 2.99. The molecule has 0 aromatic heterocycles. The van der Waals surface area contributed by atoms with Gasteiger partial charge in [0.1, 0.15) is 12.1 Å². The Balaban J connectivity index is 2.59. The number of halogens is 5. The standard InChI is InChI=1S/C14H7ClF4O/c15-11-4-8(7-20)3-10(5-11)9-1-2-13(16)12(6-9)14(17,18)19/h1-7H. The van der Waals surface area contributed by atoms with E-state index in [0.717, 1.165) is 6.07 Å². The molecule has 2 aromatic rings. The minimum absolute atomic E-state index is 0.129. The molecular formula is C14H7ClF4O. The summed E-state index contributed by atoms with van der Waals surface area (Å²) in [5, 5.41) is 0.211. The van der Waals surface area contributed by atoms with E-state index in [1.54, 1.807) is 0 Å². The van der Waals surface area contributed by atoms with Crippen LogP contribution in [-0.2, 0) is 6.18 Å². The van der Waals surface area contributed by atoms with Crippen molar-refractivity contribution in [1.29, 1.82) is 0 Å². The van der Waals surface area contributed by atoms with Gasteiger partial charge in [0, 0.05) is 10.6 Å². The fraction of sp³-hybridized carbons (Fsp3) is 0.0714. The molecule has 0 saturated heterocycles. The van der Waals surface area contributed by atoms with Gasteiger partial charge in [-0.15, -0.1) is 0 Å². The van der Waals surface area contributed by atoms with Gasteiger partial charge in [-0.1, -0.05) is 17.7 Å². The highest BCUT2D eigenvalue weighted by Gasteiger charge is 2.34. The number of rotatable bonds is 2. The summed E-state index contributed by atoms with van der Waals surface area (Å²) in [7, 11) is 0. The Kier molecular flexibility index (Phi) is 3.81. The van der Waals surface area contributed by atoms with Gasteiger partial charge in [-0.3, -0.25) is 4.79 Å². The van der Waals surface area contributed by atoms with Gasteiger partial charge in [-0.2, -0.15) is 13.2 Å². The Morgan fingerprint density at radius 1 is 1.00 bits per heavy atom. The van der Waals surface area contributed by atoms with Crippen LogP contribution in [0.25, 0.3) is 11.1 Å². The summed E-state index contributed by atoms with van der Waals surface area (Å²) < 4.78 is 51.1. The number of hydrogen-bond acceptors (Lipinski definition) is 1. The third-order valence-electron chi connectivity index (χ3n) is 2.66. The van der Waals surface area contributed by atoms with Crippen molar-refractivity contribution in [2.45, 2.75) is 6.18 Å². The smallest absolute Gasteiger partial charge is 0.298 e. The van der Waals surface area contributed by atoms with Crippen molar-refractivity contribution < 1.29 is 22.4 Å². The highest BCUT2D eigenvalue weighted by atomic mass is 35.5. The van der Waals surface area contributed by atoms with E-state index in [0.29, 0.717) is 17.9 Å². The first kappa shape index (κ1) is 14.5. The molecule has 0 saturated carbocycles. The van der Waals surface area contributed by atoms with Gasteiger partial charge in [0.2, 0.25) is 0 Å². The zero-order chi connectivity index (χ0) is 14.9. The highest BCUT2D eigenvalue weighted by molar-refractivity contribution is 6.31. The number of alkyl halides is 3. The first-order valence-corrected chi connectivity index (χ1v) is 5.82. The molecule has 0 radical (unpaired) electrons. The van der Waals surface area contributed by atoms with Crippen LogP contribution in [0.2, 0.25) is 5.02 Å². The Morgan fingerprint density at radius 2 is 1.70 bits per heavy atom. The zero-order valence-corrected chi connectivity index (χ0v) is 10.6. The highest BCUT2D eigenvalue weighted by Crippen LogP contribution is 2.34. The Morgan fingerprint density at radius 3 is 2.30 bits per heavy atom. The summed E-state index contributed by atoms with van der Waals surface area (Å²) in [4.78, 5) is 10.7. The second-order valence-corrected chi connectivity index (χ2v) is 4.52. The topological polar surface area (TPSA) is 17.1 Å². The molecule has 2 aromatic carbocycles. The van der Waals surface area contributed by atoms with E-state index in [4.69, 9.17) is 11.6 Å². The molecular weight excluding hydrogens is 296 g/mol. The van der Waals surface area contributed by atoms with Gasteiger partial charge in [0.25, 0.3) is 0 Å². The van der Waals surface area contributed by atoms with Crippen molar-refractivity contribution >= 4 is 17.9 Å². The molecule has 0 N–H and O–H groups in total. The molecule has 0 bridgehead atoms. The molecule has 0 unspecified atom stereocenters. The average molecular weight is 303 g/mol. The van der Waals surface area contributed by atoms with Gasteiger partial charge in [0.15, 0.2) is 0 Å². The molecule has 0 aliphatic carbocycles. The van der Waals surface area contributed by atoms with Crippen LogP contribution < -0.4 is 0 Å². The molecule has 1 nitrogen and oxygen atoms in total. The molecule has 104 valence electrons. The second-order valence-electron chi connectivity index (χ2n) is 4.08. The van der Waals surface area contributed by atoms with E-state index in [-0.39, 0.29) is 16.1 Å². The Bertz CT molecular complexity index is 665. The Hall–Kier alpha value is -1.88. The maximum absolute atomic E-state index is 13.2. The monoisotopic (exact) mass is 302 g/mol. The lowest BCUT2D eigenvalue weighted by Crippen LogP contribution is -2.08. The molecule has 6 heteroatoms. The molecule has 20 heavy (non-hydrogen) atoms. The predicted octanol–water partition coefficient (Wildman–Crippen LogP) is 4.98. The number of hydrogen-bond donors (Lipinski definition) is 0. The van der Waals surface area contributed by atoms with E-state index in [2.05, 4.69) is 0 Å². The number of carbonyl (C=O) groups excluding carboxylic acids is 1. The molecule has 2 rings (SSSR count). The first-order valence-electron chi connectivity index (χ1n) is 5.44. The summed E-state index contributed by atoms with van der Waals surface area (Å²) in [5.74, 6) is -1.35. The van der Waals surface area contributed by atoms with Gasteiger partial charge in [-0.05, 0) is 41.5 Å². The van der Waals surface area contributed by atoms with Gasteiger partial charge < -0.3 is 0 Å². The molecule has 0 heterocycles. The normalized spacial score (nSPS) is 11.4. The fourth-order valence-electron chi connectivity index (χ4n) is 1.77. The van der Waals surface area contributed by atoms with Crippen LogP contribution in [0.3, 0.4) is 0 Å². The maximum atomic E-state index is 13.2. The van der Waals surface area contributed by atoms with Crippen molar-refractivity contribution in [3.8, 4) is 11.1 Å². The summed E-state index contributed by atoms with van der Waals surface area (Å²) in [6.07, 6.45) is -4.25. The van der Waals surface area contributed by atoms with Crippen LogP contribution >= 0.6 is 11.6 Å². The molecule has 0 amide bonds. The summed E-state index contributed by atoms with van der Waals surface area (Å²) in [5.41, 5.74) is -0.692. The van der Waals surface area contributed by atoms with Crippen molar-refractivity contribution in [2.24, 2.45) is 0 Å². The second kappa shape index (κ2) is 5.25. The van der Waals surface area contributed by atoms with Crippen LogP contribution in [0, 0.1) is 5.82 Å². The minimum atomic E-state index is -4.79. The molecule has 0 aliphatic heterocycles. The van der Waals surface area contributed by atoms with Crippen molar-refractivity contribution in [1.82, 2.24) is 0 Å². The van der Waals surface area contributed by atoms with Crippen LogP contribution in [-0.4, -0.2) is 6.29 Å². The van der Waals surface area contributed by atoms with Crippen LogP contribution in [0.5, 0.6) is 0 Å². The van der Waals surface area contributed by atoms with Crippen molar-refractivity contribution in [3.63, 3.8) is 0 Å².